The minimum absolute atomic E-state index is 0.0371. The number of fused-ring (bicyclic) bond motifs is 1. The lowest BCUT2D eigenvalue weighted by Gasteiger charge is -2.12. The van der Waals surface area contributed by atoms with Gasteiger partial charge >= 0.3 is 5.97 Å². The van der Waals surface area contributed by atoms with E-state index in [9.17, 15) is 9.18 Å². The molecule has 0 unspecified atom stereocenters. The Labute approximate surface area is 198 Å². The van der Waals surface area contributed by atoms with Gasteiger partial charge in [-0.3, -0.25) is 9.78 Å². The van der Waals surface area contributed by atoms with Crippen LogP contribution in [0, 0.1) is 5.82 Å². The molecule has 8 heteroatoms. The maximum atomic E-state index is 14.1. The van der Waals surface area contributed by atoms with E-state index >= 15 is 0 Å². The molecule has 1 N–H and O–H groups in total. The van der Waals surface area contributed by atoms with Crippen molar-refractivity contribution in [2.75, 3.05) is 0 Å². The monoisotopic (exact) mass is 471 g/mol. The second-order valence-electron chi connectivity index (χ2n) is 7.58. The van der Waals surface area contributed by atoms with Crippen molar-refractivity contribution < 1.29 is 19.0 Å². The SMILES string of the molecule is O=C(O)Cc1ccc(-c2nnc(-c3ccc(F)cc3OCc3ccccn3)c3sccc23)cc1. The van der Waals surface area contributed by atoms with Crippen molar-refractivity contribution in [3.05, 3.63) is 95.4 Å². The van der Waals surface area contributed by atoms with E-state index in [1.807, 2.05) is 41.8 Å². The van der Waals surface area contributed by atoms with E-state index in [4.69, 9.17) is 9.84 Å². The van der Waals surface area contributed by atoms with Crippen molar-refractivity contribution in [1.29, 1.82) is 0 Å². The van der Waals surface area contributed by atoms with Crippen LogP contribution in [0.1, 0.15) is 11.3 Å². The van der Waals surface area contributed by atoms with Gasteiger partial charge in [0.25, 0.3) is 0 Å². The predicted octanol–water partition coefficient (Wildman–Crippen LogP) is 5.77. The molecule has 0 atom stereocenters. The molecule has 168 valence electrons. The smallest absolute Gasteiger partial charge is 0.307 e. The van der Waals surface area contributed by atoms with Crippen molar-refractivity contribution in [3.63, 3.8) is 0 Å². The van der Waals surface area contributed by atoms with Gasteiger partial charge in [0.05, 0.1) is 16.8 Å². The molecule has 0 aliphatic carbocycles. The number of carboxylic acid groups (broad SMARTS) is 1. The predicted molar refractivity (Wildman–Crippen MR) is 128 cm³/mol. The summed E-state index contributed by atoms with van der Waals surface area (Å²) in [5.74, 6) is -0.925. The Kier molecular flexibility index (Phi) is 5.97. The molecule has 0 aliphatic rings. The van der Waals surface area contributed by atoms with Crippen LogP contribution in [-0.2, 0) is 17.8 Å². The number of carbonyl (C=O) groups is 1. The molecule has 2 aromatic carbocycles. The summed E-state index contributed by atoms with van der Waals surface area (Å²) in [5.41, 5.74) is 4.21. The molecule has 0 amide bonds. The Morgan fingerprint density at radius 2 is 1.82 bits per heavy atom. The number of benzene rings is 2. The number of aromatic nitrogens is 3. The lowest BCUT2D eigenvalue weighted by atomic mass is 10.0. The van der Waals surface area contributed by atoms with Crippen LogP contribution in [-0.4, -0.2) is 26.3 Å². The summed E-state index contributed by atoms with van der Waals surface area (Å²) >= 11 is 1.51. The minimum Gasteiger partial charge on any atom is -0.486 e. The molecule has 5 aromatic rings. The van der Waals surface area contributed by atoms with E-state index in [-0.39, 0.29) is 13.0 Å². The topological polar surface area (TPSA) is 85.2 Å². The number of hydrogen-bond donors (Lipinski definition) is 1. The van der Waals surface area contributed by atoms with Gasteiger partial charge in [0, 0.05) is 28.8 Å². The summed E-state index contributed by atoms with van der Waals surface area (Å²) in [6, 6.07) is 19.1. The van der Waals surface area contributed by atoms with Gasteiger partial charge in [-0.05, 0) is 41.3 Å². The summed E-state index contributed by atoms with van der Waals surface area (Å²) in [7, 11) is 0. The average Bonchev–Trinajstić information content (AvgIpc) is 3.34. The summed E-state index contributed by atoms with van der Waals surface area (Å²) in [6.45, 7) is 0.194. The highest BCUT2D eigenvalue weighted by Gasteiger charge is 2.18. The molecule has 0 bridgehead atoms. The van der Waals surface area contributed by atoms with Crippen LogP contribution < -0.4 is 4.74 Å². The fourth-order valence-electron chi connectivity index (χ4n) is 3.67. The molecular weight excluding hydrogens is 453 g/mol. The molecule has 0 aliphatic heterocycles. The van der Waals surface area contributed by atoms with E-state index < -0.39 is 11.8 Å². The zero-order valence-electron chi connectivity index (χ0n) is 17.8. The van der Waals surface area contributed by atoms with Gasteiger partial charge in [0.1, 0.15) is 29.6 Å². The van der Waals surface area contributed by atoms with E-state index in [2.05, 4.69) is 15.2 Å². The summed E-state index contributed by atoms with van der Waals surface area (Å²) in [6.07, 6.45) is 1.64. The number of thiophene rings is 1. The molecule has 3 heterocycles. The second-order valence-corrected chi connectivity index (χ2v) is 8.49. The maximum absolute atomic E-state index is 14.1. The molecule has 3 aromatic heterocycles. The molecule has 0 saturated carbocycles. The number of carboxylic acids is 1. The summed E-state index contributed by atoms with van der Waals surface area (Å²) in [4.78, 5) is 15.2. The number of aliphatic carboxylic acids is 1. The normalized spacial score (nSPS) is 11.0. The Bertz CT molecular complexity index is 1470. The third-order valence-electron chi connectivity index (χ3n) is 5.27. The van der Waals surface area contributed by atoms with Gasteiger partial charge < -0.3 is 9.84 Å². The first-order chi connectivity index (χ1) is 16.6. The number of rotatable bonds is 7. The van der Waals surface area contributed by atoms with Gasteiger partial charge in [-0.1, -0.05) is 30.3 Å². The quantitative estimate of drug-likeness (QED) is 0.325. The average molecular weight is 472 g/mol. The fraction of sp³-hybridized carbons (Fsp3) is 0.0769. The first kappa shape index (κ1) is 21.7. The minimum atomic E-state index is -0.877. The number of halogens is 1. The largest absolute Gasteiger partial charge is 0.486 e. The highest BCUT2D eigenvalue weighted by atomic mass is 32.1. The van der Waals surface area contributed by atoms with E-state index in [0.717, 1.165) is 21.3 Å². The van der Waals surface area contributed by atoms with Crippen LogP contribution >= 0.6 is 11.3 Å². The van der Waals surface area contributed by atoms with Crippen molar-refractivity contribution in [2.24, 2.45) is 0 Å². The molecule has 34 heavy (non-hydrogen) atoms. The number of hydrogen-bond acceptors (Lipinski definition) is 6. The second kappa shape index (κ2) is 9.36. The molecule has 0 radical (unpaired) electrons. The Morgan fingerprint density at radius 3 is 2.59 bits per heavy atom. The van der Waals surface area contributed by atoms with Crippen molar-refractivity contribution in [3.8, 4) is 28.3 Å². The Morgan fingerprint density at radius 1 is 1.00 bits per heavy atom. The first-order valence-corrected chi connectivity index (χ1v) is 11.3. The van der Waals surface area contributed by atoms with Crippen LogP contribution in [0.5, 0.6) is 5.75 Å². The maximum Gasteiger partial charge on any atom is 0.307 e. The molecule has 0 spiro atoms. The molecule has 5 rings (SSSR count). The highest BCUT2D eigenvalue weighted by Crippen LogP contribution is 2.39. The molecule has 6 nitrogen and oxygen atoms in total. The standard InChI is InChI=1S/C26H18FN3O3S/c27-18-8-9-20(22(14-18)33-15-19-3-1-2-11-28-19)25-26-21(10-12-34-26)24(29-30-25)17-6-4-16(5-7-17)13-23(31)32/h1-12,14H,13,15H2,(H,31,32). The van der Waals surface area contributed by atoms with Gasteiger partial charge in [-0.25, -0.2) is 4.39 Å². The van der Waals surface area contributed by atoms with Gasteiger partial charge in [-0.2, -0.15) is 0 Å². The third kappa shape index (κ3) is 4.49. The zero-order valence-corrected chi connectivity index (χ0v) is 18.6. The highest BCUT2D eigenvalue weighted by molar-refractivity contribution is 7.17. The van der Waals surface area contributed by atoms with Gasteiger partial charge in [0.15, 0.2) is 0 Å². The van der Waals surface area contributed by atoms with Gasteiger partial charge in [0.2, 0.25) is 0 Å². The number of ether oxygens (including phenoxy) is 1. The van der Waals surface area contributed by atoms with E-state index in [1.165, 1.54) is 23.5 Å². The molecular formula is C26H18FN3O3S. The van der Waals surface area contributed by atoms with Crippen LogP contribution in [0.15, 0.2) is 78.3 Å². The van der Waals surface area contributed by atoms with Crippen LogP contribution in [0.25, 0.3) is 32.6 Å². The van der Waals surface area contributed by atoms with Crippen LogP contribution in [0.3, 0.4) is 0 Å². The Hall–Kier alpha value is -4.17. The number of pyridine rings is 1. The summed E-state index contributed by atoms with van der Waals surface area (Å²) < 4.78 is 20.9. The van der Waals surface area contributed by atoms with Gasteiger partial charge in [-0.15, -0.1) is 21.5 Å². The Balaban J connectivity index is 1.52. The number of nitrogens with zero attached hydrogens (tertiary/aromatic N) is 3. The lowest BCUT2D eigenvalue weighted by molar-refractivity contribution is -0.136. The van der Waals surface area contributed by atoms with Crippen molar-refractivity contribution in [1.82, 2.24) is 15.2 Å². The third-order valence-corrected chi connectivity index (χ3v) is 6.19. The van der Waals surface area contributed by atoms with Crippen LogP contribution in [0.2, 0.25) is 0 Å². The van der Waals surface area contributed by atoms with E-state index in [1.54, 1.807) is 24.4 Å². The van der Waals surface area contributed by atoms with Crippen molar-refractivity contribution >= 4 is 27.4 Å². The first-order valence-electron chi connectivity index (χ1n) is 10.5. The molecule has 0 saturated heterocycles. The lowest BCUT2D eigenvalue weighted by Crippen LogP contribution is -2.01. The van der Waals surface area contributed by atoms with E-state index in [0.29, 0.717) is 28.3 Å². The summed E-state index contributed by atoms with van der Waals surface area (Å²) in [5, 5.41) is 20.8. The zero-order chi connectivity index (χ0) is 23.5. The van der Waals surface area contributed by atoms with Crippen molar-refractivity contribution in [2.45, 2.75) is 13.0 Å². The molecule has 0 fully saturated rings. The van der Waals surface area contributed by atoms with Crippen LogP contribution in [0.4, 0.5) is 4.39 Å². The fourth-order valence-corrected chi connectivity index (χ4v) is 4.56.